The molecule has 0 radical (unpaired) electrons. The molecule has 2 aromatic rings. The van der Waals surface area contributed by atoms with Crippen LogP contribution in [0.4, 0.5) is 5.69 Å². The van der Waals surface area contributed by atoms with Crippen molar-refractivity contribution in [2.24, 2.45) is 5.73 Å². The molecule has 4 nitrogen and oxygen atoms in total. The molecule has 80 valence electrons. The van der Waals surface area contributed by atoms with Gasteiger partial charge in [0.05, 0.1) is 16.8 Å². The van der Waals surface area contributed by atoms with Crippen molar-refractivity contribution in [3.05, 3.63) is 36.0 Å². The molecule has 1 aromatic carbocycles. The summed E-state index contributed by atoms with van der Waals surface area (Å²) in [7, 11) is 0. The van der Waals surface area contributed by atoms with E-state index in [1.165, 1.54) is 0 Å². The minimum Gasteiger partial charge on any atom is -0.383 e. The maximum Gasteiger partial charge on any atom is 0.102 e. The number of nitrogens with two attached hydrogens (primary N) is 1. The molecule has 0 aliphatic carbocycles. The fourth-order valence-electron chi connectivity index (χ4n) is 1.63. The van der Waals surface area contributed by atoms with Crippen LogP contribution in [0.25, 0.3) is 10.9 Å². The maximum absolute atomic E-state index is 9.17. The number of nitriles is 1. The summed E-state index contributed by atoms with van der Waals surface area (Å²) in [6.45, 7) is 1.19. The standard InChI is InChI=1S/C12H12N4/c13-5-7-16-12-4-3-11-9(10(12)8-14)2-1-6-15-11/h1-4,6,16H,5,7,13H2. The summed E-state index contributed by atoms with van der Waals surface area (Å²) in [6.07, 6.45) is 1.72. The third kappa shape index (κ3) is 1.81. The highest BCUT2D eigenvalue weighted by atomic mass is 14.9. The van der Waals surface area contributed by atoms with E-state index < -0.39 is 0 Å². The Bertz CT molecular complexity index is 542. The minimum absolute atomic E-state index is 0.538. The van der Waals surface area contributed by atoms with Crippen LogP contribution in [-0.4, -0.2) is 18.1 Å². The molecule has 0 fully saturated rings. The van der Waals surface area contributed by atoms with Gasteiger partial charge in [-0.1, -0.05) is 0 Å². The first-order valence-electron chi connectivity index (χ1n) is 5.08. The van der Waals surface area contributed by atoms with E-state index in [4.69, 9.17) is 11.0 Å². The average Bonchev–Trinajstić information content (AvgIpc) is 2.35. The Balaban J connectivity index is 2.55. The highest BCUT2D eigenvalue weighted by Gasteiger charge is 2.06. The van der Waals surface area contributed by atoms with Crippen LogP contribution < -0.4 is 11.1 Å². The number of hydrogen-bond donors (Lipinski definition) is 2. The van der Waals surface area contributed by atoms with E-state index in [2.05, 4.69) is 16.4 Å². The van der Waals surface area contributed by atoms with E-state index in [0.717, 1.165) is 16.6 Å². The highest BCUT2D eigenvalue weighted by Crippen LogP contribution is 2.23. The van der Waals surface area contributed by atoms with Gasteiger partial charge in [-0.3, -0.25) is 4.98 Å². The molecule has 0 amide bonds. The van der Waals surface area contributed by atoms with Crippen molar-refractivity contribution in [2.45, 2.75) is 0 Å². The molecular formula is C12H12N4. The lowest BCUT2D eigenvalue weighted by Crippen LogP contribution is -2.13. The lowest BCUT2D eigenvalue weighted by molar-refractivity contribution is 1.02. The molecule has 0 saturated carbocycles. The van der Waals surface area contributed by atoms with Crippen molar-refractivity contribution in [2.75, 3.05) is 18.4 Å². The number of benzene rings is 1. The van der Waals surface area contributed by atoms with Crippen molar-refractivity contribution < 1.29 is 0 Å². The summed E-state index contributed by atoms with van der Waals surface area (Å²) in [5.41, 5.74) is 7.69. The topological polar surface area (TPSA) is 74.7 Å². The molecular weight excluding hydrogens is 200 g/mol. The number of nitrogens with zero attached hydrogens (tertiary/aromatic N) is 2. The van der Waals surface area contributed by atoms with E-state index in [-0.39, 0.29) is 0 Å². The van der Waals surface area contributed by atoms with Crippen LogP contribution in [0.5, 0.6) is 0 Å². The Morgan fingerprint density at radius 2 is 2.25 bits per heavy atom. The van der Waals surface area contributed by atoms with Crippen molar-refractivity contribution >= 4 is 16.6 Å². The summed E-state index contributed by atoms with van der Waals surface area (Å²) in [4.78, 5) is 4.21. The Hall–Kier alpha value is -2.12. The van der Waals surface area contributed by atoms with Crippen molar-refractivity contribution in [1.82, 2.24) is 4.98 Å². The molecule has 0 bridgehead atoms. The smallest absolute Gasteiger partial charge is 0.102 e. The number of rotatable bonds is 3. The molecule has 0 aliphatic rings. The zero-order chi connectivity index (χ0) is 11.4. The average molecular weight is 212 g/mol. The predicted molar refractivity (Wildman–Crippen MR) is 64.0 cm³/mol. The van der Waals surface area contributed by atoms with E-state index >= 15 is 0 Å². The van der Waals surface area contributed by atoms with Gasteiger partial charge < -0.3 is 11.1 Å². The largest absolute Gasteiger partial charge is 0.383 e. The monoisotopic (exact) mass is 212 g/mol. The molecule has 1 aromatic heterocycles. The fourth-order valence-corrected chi connectivity index (χ4v) is 1.63. The maximum atomic E-state index is 9.17. The van der Waals surface area contributed by atoms with E-state index in [9.17, 15) is 0 Å². The van der Waals surface area contributed by atoms with Gasteiger partial charge in [0, 0.05) is 24.7 Å². The molecule has 3 N–H and O–H groups in total. The van der Waals surface area contributed by atoms with Gasteiger partial charge in [-0.05, 0) is 24.3 Å². The molecule has 1 heterocycles. The fraction of sp³-hybridized carbons (Fsp3) is 0.167. The quantitative estimate of drug-likeness (QED) is 0.808. The second-order valence-electron chi connectivity index (χ2n) is 3.39. The summed E-state index contributed by atoms with van der Waals surface area (Å²) < 4.78 is 0. The molecule has 0 aliphatic heterocycles. The van der Waals surface area contributed by atoms with Crippen LogP contribution in [0, 0.1) is 11.3 Å². The van der Waals surface area contributed by atoms with Crippen molar-refractivity contribution in [3.8, 4) is 6.07 Å². The first kappa shape index (κ1) is 10.4. The SMILES string of the molecule is N#Cc1c(NCCN)ccc2ncccc12. The molecule has 4 heteroatoms. The normalized spacial score (nSPS) is 10.0. The van der Waals surface area contributed by atoms with Crippen LogP contribution in [0.15, 0.2) is 30.5 Å². The highest BCUT2D eigenvalue weighted by molar-refractivity contribution is 5.90. The van der Waals surface area contributed by atoms with Gasteiger partial charge in [-0.15, -0.1) is 0 Å². The Morgan fingerprint density at radius 1 is 1.38 bits per heavy atom. The molecule has 0 spiro atoms. The van der Waals surface area contributed by atoms with Crippen LogP contribution in [0.3, 0.4) is 0 Å². The van der Waals surface area contributed by atoms with Gasteiger partial charge >= 0.3 is 0 Å². The molecule has 0 unspecified atom stereocenters. The number of aromatic nitrogens is 1. The van der Waals surface area contributed by atoms with Gasteiger partial charge in [0.1, 0.15) is 6.07 Å². The zero-order valence-electron chi connectivity index (χ0n) is 8.77. The van der Waals surface area contributed by atoms with E-state index in [1.54, 1.807) is 6.20 Å². The molecule has 16 heavy (non-hydrogen) atoms. The first-order chi connectivity index (χ1) is 7.86. The summed E-state index contributed by atoms with van der Waals surface area (Å²) >= 11 is 0. The lowest BCUT2D eigenvalue weighted by Gasteiger charge is -2.08. The second kappa shape index (κ2) is 4.60. The van der Waals surface area contributed by atoms with Crippen LogP contribution in [0.1, 0.15) is 5.56 Å². The lowest BCUT2D eigenvalue weighted by atomic mass is 10.1. The zero-order valence-corrected chi connectivity index (χ0v) is 8.77. The van der Waals surface area contributed by atoms with Gasteiger partial charge in [0.25, 0.3) is 0 Å². The van der Waals surface area contributed by atoms with E-state index in [0.29, 0.717) is 18.7 Å². The van der Waals surface area contributed by atoms with Crippen LogP contribution >= 0.6 is 0 Å². The number of nitrogens with one attached hydrogen (secondary N) is 1. The molecule has 2 rings (SSSR count). The number of anilines is 1. The molecule has 0 saturated heterocycles. The van der Waals surface area contributed by atoms with Gasteiger partial charge in [-0.25, -0.2) is 0 Å². The Labute approximate surface area is 93.7 Å². The van der Waals surface area contributed by atoms with Gasteiger partial charge in [0.2, 0.25) is 0 Å². The minimum atomic E-state index is 0.538. The van der Waals surface area contributed by atoms with Crippen molar-refractivity contribution in [1.29, 1.82) is 5.26 Å². The van der Waals surface area contributed by atoms with Crippen molar-refractivity contribution in [3.63, 3.8) is 0 Å². The van der Waals surface area contributed by atoms with Gasteiger partial charge in [0.15, 0.2) is 0 Å². The first-order valence-corrected chi connectivity index (χ1v) is 5.08. The number of pyridine rings is 1. The van der Waals surface area contributed by atoms with Gasteiger partial charge in [-0.2, -0.15) is 5.26 Å². The predicted octanol–water partition coefficient (Wildman–Crippen LogP) is 1.48. The Morgan fingerprint density at radius 3 is 3.00 bits per heavy atom. The van der Waals surface area contributed by atoms with Crippen LogP contribution in [0.2, 0.25) is 0 Å². The molecule has 0 atom stereocenters. The third-order valence-electron chi connectivity index (χ3n) is 2.36. The second-order valence-corrected chi connectivity index (χ2v) is 3.39. The van der Waals surface area contributed by atoms with Crippen LogP contribution in [-0.2, 0) is 0 Å². The van der Waals surface area contributed by atoms with E-state index in [1.807, 2.05) is 24.3 Å². The summed E-state index contributed by atoms with van der Waals surface area (Å²) in [6, 6.07) is 9.69. The Kier molecular flexibility index (Phi) is 2.99. The third-order valence-corrected chi connectivity index (χ3v) is 2.36. The summed E-state index contributed by atoms with van der Waals surface area (Å²) in [5.74, 6) is 0. The summed E-state index contributed by atoms with van der Waals surface area (Å²) in [5, 5.41) is 13.2. The number of hydrogen-bond acceptors (Lipinski definition) is 4. The number of fused-ring (bicyclic) bond motifs is 1.